The molecule has 0 N–H and O–H groups in total. The number of carbonyl (C=O) groups excluding carboxylic acids is 1. The number of benzene rings is 1. The Morgan fingerprint density at radius 1 is 1.08 bits per heavy atom. The van der Waals surface area contributed by atoms with Crippen molar-refractivity contribution in [2.45, 2.75) is 3.79 Å². The quantitative estimate of drug-likeness (QED) is 0.527. The molecule has 0 spiro atoms. The zero-order valence-electron chi connectivity index (χ0n) is 5.93. The highest BCUT2D eigenvalue weighted by molar-refractivity contribution is 6.66. The summed E-state index contributed by atoms with van der Waals surface area (Å²) < 4.78 is -1.42. The summed E-state index contributed by atoms with van der Waals surface area (Å²) in [4.78, 5) is 10.3. The van der Waals surface area contributed by atoms with Gasteiger partial charge in [-0.15, -0.1) is 0 Å². The van der Waals surface area contributed by atoms with E-state index in [0.29, 0.717) is 11.1 Å². The molecule has 0 fully saturated rings. The first-order chi connectivity index (χ1) is 5.54. The van der Waals surface area contributed by atoms with E-state index in [-0.39, 0.29) is 0 Å². The van der Waals surface area contributed by atoms with E-state index in [0.717, 1.165) is 6.29 Å². The van der Waals surface area contributed by atoms with Crippen LogP contribution >= 0.6 is 34.8 Å². The smallest absolute Gasteiger partial charge is 0.216 e. The second-order valence-electron chi connectivity index (χ2n) is 2.24. The highest BCUT2D eigenvalue weighted by Crippen LogP contribution is 2.37. The van der Waals surface area contributed by atoms with Gasteiger partial charge in [0.05, 0.1) is 0 Å². The maximum absolute atomic E-state index is 10.3. The van der Waals surface area contributed by atoms with Crippen molar-refractivity contribution < 1.29 is 4.79 Å². The number of hydrogen-bond acceptors (Lipinski definition) is 1. The van der Waals surface area contributed by atoms with Gasteiger partial charge in [-0.2, -0.15) is 0 Å². The van der Waals surface area contributed by atoms with Crippen LogP contribution in [0.2, 0.25) is 0 Å². The minimum absolute atomic E-state index is 0.554. The summed E-state index contributed by atoms with van der Waals surface area (Å²) in [7, 11) is 0. The van der Waals surface area contributed by atoms with Gasteiger partial charge < -0.3 is 0 Å². The van der Waals surface area contributed by atoms with Gasteiger partial charge in [-0.25, -0.2) is 0 Å². The zero-order chi connectivity index (χ0) is 9.19. The molecule has 0 heterocycles. The molecule has 0 amide bonds. The molecular weight excluding hydrogens is 218 g/mol. The van der Waals surface area contributed by atoms with Gasteiger partial charge >= 0.3 is 0 Å². The van der Waals surface area contributed by atoms with E-state index in [9.17, 15) is 4.79 Å². The predicted octanol–water partition coefficient (Wildman–Crippen LogP) is 3.33. The molecule has 1 aromatic carbocycles. The van der Waals surface area contributed by atoms with E-state index in [1.807, 2.05) is 0 Å². The monoisotopic (exact) mass is 222 g/mol. The van der Waals surface area contributed by atoms with Crippen LogP contribution in [0.5, 0.6) is 0 Å². The average Bonchev–Trinajstić information content (AvgIpc) is 2.03. The summed E-state index contributed by atoms with van der Waals surface area (Å²) in [5, 5.41) is 0. The normalized spacial score (nSPS) is 11.2. The SMILES string of the molecule is O=Cc1ccc(C(Cl)(Cl)Cl)cc1. The largest absolute Gasteiger partial charge is 0.298 e. The maximum Gasteiger partial charge on any atom is 0.216 e. The Hall–Kier alpha value is -0.240. The van der Waals surface area contributed by atoms with Crippen molar-refractivity contribution in [1.29, 1.82) is 0 Å². The van der Waals surface area contributed by atoms with Crippen molar-refractivity contribution in [2.24, 2.45) is 0 Å². The molecule has 12 heavy (non-hydrogen) atoms. The van der Waals surface area contributed by atoms with E-state index in [4.69, 9.17) is 34.8 Å². The molecule has 0 aliphatic carbocycles. The van der Waals surface area contributed by atoms with Gasteiger partial charge in [0.1, 0.15) is 6.29 Å². The molecule has 0 atom stereocenters. The molecule has 0 saturated carbocycles. The molecule has 1 nitrogen and oxygen atoms in total. The first-order valence-corrected chi connectivity index (χ1v) is 4.30. The summed E-state index contributed by atoms with van der Waals surface area (Å²) in [6.07, 6.45) is 0.738. The molecule has 0 radical (unpaired) electrons. The van der Waals surface area contributed by atoms with E-state index >= 15 is 0 Å². The minimum Gasteiger partial charge on any atom is -0.298 e. The number of hydrogen-bond donors (Lipinski definition) is 0. The molecular formula is C8H5Cl3O. The van der Waals surface area contributed by atoms with Crippen LogP contribution in [0.15, 0.2) is 24.3 Å². The highest BCUT2D eigenvalue weighted by atomic mass is 35.6. The summed E-state index contributed by atoms with van der Waals surface area (Å²) in [6.45, 7) is 0. The van der Waals surface area contributed by atoms with Crippen LogP contribution < -0.4 is 0 Å². The summed E-state index contributed by atoms with van der Waals surface area (Å²) >= 11 is 16.8. The van der Waals surface area contributed by atoms with Crippen molar-refractivity contribution in [3.8, 4) is 0 Å². The Morgan fingerprint density at radius 2 is 1.58 bits per heavy atom. The van der Waals surface area contributed by atoms with Crippen LogP contribution in [0.3, 0.4) is 0 Å². The molecule has 0 aliphatic heterocycles. The van der Waals surface area contributed by atoms with Crippen LogP contribution in [0.25, 0.3) is 0 Å². The summed E-state index contributed by atoms with van der Waals surface area (Å²) in [6, 6.07) is 6.42. The Balaban J connectivity index is 3.00. The van der Waals surface area contributed by atoms with Gasteiger partial charge in [0.2, 0.25) is 3.79 Å². The van der Waals surface area contributed by atoms with Gasteiger partial charge in [-0.3, -0.25) is 4.79 Å². The van der Waals surface area contributed by atoms with Crippen LogP contribution in [-0.4, -0.2) is 6.29 Å². The van der Waals surface area contributed by atoms with Gasteiger partial charge in [0, 0.05) is 11.1 Å². The van der Waals surface area contributed by atoms with Crippen molar-refractivity contribution in [2.75, 3.05) is 0 Å². The molecule has 64 valence electrons. The van der Waals surface area contributed by atoms with E-state index in [2.05, 4.69) is 0 Å². The molecule has 0 unspecified atom stereocenters. The third-order valence-electron chi connectivity index (χ3n) is 1.37. The second kappa shape index (κ2) is 3.65. The van der Waals surface area contributed by atoms with Crippen LogP contribution in [0.4, 0.5) is 0 Å². The van der Waals surface area contributed by atoms with Crippen LogP contribution in [0, 0.1) is 0 Å². The van der Waals surface area contributed by atoms with Crippen molar-refractivity contribution in [3.05, 3.63) is 35.4 Å². The zero-order valence-corrected chi connectivity index (χ0v) is 8.20. The Morgan fingerprint density at radius 3 is 1.92 bits per heavy atom. The third kappa shape index (κ3) is 2.37. The van der Waals surface area contributed by atoms with Gasteiger partial charge in [0.25, 0.3) is 0 Å². The Kier molecular flexibility index (Phi) is 2.99. The number of aldehydes is 1. The van der Waals surface area contributed by atoms with Crippen molar-refractivity contribution in [1.82, 2.24) is 0 Å². The average molecular weight is 223 g/mol. The fraction of sp³-hybridized carbons (Fsp3) is 0.125. The maximum atomic E-state index is 10.3. The number of alkyl halides is 3. The molecule has 0 aliphatic rings. The van der Waals surface area contributed by atoms with E-state index in [1.165, 1.54) is 0 Å². The van der Waals surface area contributed by atoms with Gasteiger partial charge in [-0.05, 0) is 0 Å². The topological polar surface area (TPSA) is 17.1 Å². The number of carbonyl (C=O) groups is 1. The van der Waals surface area contributed by atoms with Crippen molar-refractivity contribution in [3.63, 3.8) is 0 Å². The molecule has 0 aromatic heterocycles. The van der Waals surface area contributed by atoms with E-state index < -0.39 is 3.79 Å². The van der Waals surface area contributed by atoms with Crippen LogP contribution in [0.1, 0.15) is 15.9 Å². The second-order valence-corrected chi connectivity index (χ2v) is 4.52. The Bertz CT molecular complexity index is 273. The van der Waals surface area contributed by atoms with Gasteiger partial charge in [0.15, 0.2) is 0 Å². The molecule has 1 rings (SSSR count). The number of rotatable bonds is 1. The highest BCUT2D eigenvalue weighted by Gasteiger charge is 2.21. The minimum atomic E-state index is -1.42. The lowest BCUT2D eigenvalue weighted by Crippen LogP contribution is -1.99. The van der Waals surface area contributed by atoms with Crippen LogP contribution in [-0.2, 0) is 3.79 Å². The fourth-order valence-electron chi connectivity index (χ4n) is 0.751. The van der Waals surface area contributed by atoms with Gasteiger partial charge in [-0.1, -0.05) is 59.1 Å². The lowest BCUT2D eigenvalue weighted by Gasteiger charge is -2.10. The Labute approximate surface area is 85.2 Å². The lowest BCUT2D eigenvalue weighted by atomic mass is 10.2. The lowest BCUT2D eigenvalue weighted by molar-refractivity contribution is 0.112. The molecule has 1 aromatic rings. The molecule has 4 heteroatoms. The fourth-order valence-corrected chi connectivity index (χ4v) is 1.13. The predicted molar refractivity (Wildman–Crippen MR) is 51.1 cm³/mol. The standard InChI is InChI=1S/C8H5Cl3O/c9-8(10,11)7-3-1-6(5-12)2-4-7/h1-5H. The first-order valence-electron chi connectivity index (χ1n) is 3.16. The number of halogens is 3. The van der Waals surface area contributed by atoms with E-state index in [1.54, 1.807) is 24.3 Å². The molecule has 0 bridgehead atoms. The summed E-state index contributed by atoms with van der Waals surface area (Å²) in [5.41, 5.74) is 1.12. The van der Waals surface area contributed by atoms with Crippen molar-refractivity contribution >= 4 is 41.1 Å². The first kappa shape index (κ1) is 9.85. The molecule has 0 saturated heterocycles. The third-order valence-corrected chi connectivity index (χ3v) is 2.03. The summed E-state index contributed by atoms with van der Waals surface area (Å²) in [5.74, 6) is 0.